The van der Waals surface area contributed by atoms with Crippen LogP contribution in [0.4, 0.5) is 0 Å². The fourth-order valence-electron chi connectivity index (χ4n) is 3.14. The van der Waals surface area contributed by atoms with E-state index in [0.29, 0.717) is 5.02 Å². The molecule has 0 aromatic heterocycles. The highest BCUT2D eigenvalue weighted by molar-refractivity contribution is 6.31. The van der Waals surface area contributed by atoms with Gasteiger partial charge < -0.3 is 15.2 Å². The number of halogens is 1. The standard InChI is InChI=1S/C20H20ClNO4/c1-12(26-20(25)16-11-14(21)9-10-18(16)23)19(24)22-17-8-4-6-13-5-2-3-7-15(13)17/h2-3,5,7,9-12,17,23H,4,6,8H2,1H3,(H,22,24)/t12-,17+/m0/s1. The number of benzene rings is 2. The number of nitrogens with one attached hydrogen (secondary N) is 1. The molecule has 3 rings (SSSR count). The molecular formula is C20H20ClNO4. The maximum atomic E-state index is 12.5. The Balaban J connectivity index is 1.65. The van der Waals surface area contributed by atoms with Crippen molar-refractivity contribution in [1.82, 2.24) is 5.32 Å². The summed E-state index contributed by atoms with van der Waals surface area (Å²) in [7, 11) is 0. The largest absolute Gasteiger partial charge is 0.507 e. The molecule has 0 saturated heterocycles. The molecule has 0 spiro atoms. The summed E-state index contributed by atoms with van der Waals surface area (Å²) in [4.78, 5) is 24.7. The van der Waals surface area contributed by atoms with Gasteiger partial charge in [-0.2, -0.15) is 0 Å². The van der Waals surface area contributed by atoms with Crippen LogP contribution in [0.5, 0.6) is 5.75 Å². The summed E-state index contributed by atoms with van der Waals surface area (Å²) in [5.41, 5.74) is 2.27. The zero-order chi connectivity index (χ0) is 18.7. The third-order valence-electron chi connectivity index (χ3n) is 4.52. The summed E-state index contributed by atoms with van der Waals surface area (Å²) >= 11 is 5.84. The number of esters is 1. The number of phenols is 1. The molecule has 0 unspecified atom stereocenters. The first kappa shape index (κ1) is 18.3. The van der Waals surface area contributed by atoms with Gasteiger partial charge in [0.2, 0.25) is 0 Å². The lowest BCUT2D eigenvalue weighted by molar-refractivity contribution is -0.130. The second-order valence-corrected chi connectivity index (χ2v) is 6.80. The first-order valence-corrected chi connectivity index (χ1v) is 8.91. The fourth-order valence-corrected chi connectivity index (χ4v) is 3.31. The van der Waals surface area contributed by atoms with E-state index >= 15 is 0 Å². The van der Waals surface area contributed by atoms with Crippen LogP contribution in [0.1, 0.15) is 47.3 Å². The summed E-state index contributed by atoms with van der Waals surface area (Å²) < 4.78 is 5.19. The van der Waals surface area contributed by atoms with Gasteiger partial charge in [0.05, 0.1) is 6.04 Å². The van der Waals surface area contributed by atoms with Crippen molar-refractivity contribution in [3.63, 3.8) is 0 Å². The third-order valence-corrected chi connectivity index (χ3v) is 4.75. The second-order valence-electron chi connectivity index (χ2n) is 6.36. The van der Waals surface area contributed by atoms with Gasteiger partial charge in [-0.1, -0.05) is 35.9 Å². The lowest BCUT2D eigenvalue weighted by Crippen LogP contribution is -2.39. The minimum absolute atomic E-state index is 0.0693. The van der Waals surface area contributed by atoms with E-state index in [1.165, 1.54) is 30.7 Å². The van der Waals surface area contributed by atoms with Gasteiger partial charge in [-0.25, -0.2) is 4.79 Å². The molecule has 0 heterocycles. The van der Waals surface area contributed by atoms with Crippen molar-refractivity contribution in [3.05, 3.63) is 64.2 Å². The van der Waals surface area contributed by atoms with Crippen LogP contribution in [0.15, 0.2) is 42.5 Å². The van der Waals surface area contributed by atoms with E-state index in [9.17, 15) is 14.7 Å². The highest BCUT2D eigenvalue weighted by atomic mass is 35.5. The molecule has 6 heteroatoms. The van der Waals surface area contributed by atoms with Crippen LogP contribution in [0.25, 0.3) is 0 Å². The number of rotatable bonds is 4. The molecule has 136 valence electrons. The molecule has 5 nitrogen and oxygen atoms in total. The number of carbonyl (C=O) groups excluding carboxylic acids is 2. The zero-order valence-corrected chi connectivity index (χ0v) is 15.1. The first-order chi connectivity index (χ1) is 12.5. The van der Waals surface area contributed by atoms with E-state index in [1.54, 1.807) is 0 Å². The summed E-state index contributed by atoms with van der Waals surface area (Å²) in [5.74, 6) is -1.41. The van der Waals surface area contributed by atoms with Crippen molar-refractivity contribution in [2.75, 3.05) is 0 Å². The summed E-state index contributed by atoms with van der Waals surface area (Å²) in [6.45, 7) is 1.50. The van der Waals surface area contributed by atoms with Crippen LogP contribution in [0.3, 0.4) is 0 Å². The van der Waals surface area contributed by atoms with E-state index < -0.39 is 12.1 Å². The molecule has 1 aliphatic rings. The topological polar surface area (TPSA) is 75.6 Å². The van der Waals surface area contributed by atoms with E-state index in [1.807, 2.05) is 18.2 Å². The van der Waals surface area contributed by atoms with Crippen LogP contribution >= 0.6 is 11.6 Å². The van der Waals surface area contributed by atoms with Crippen LogP contribution in [0, 0.1) is 0 Å². The Morgan fingerprint density at radius 3 is 2.85 bits per heavy atom. The average molecular weight is 374 g/mol. The predicted octanol–water partition coefficient (Wildman–Crippen LogP) is 3.78. The fraction of sp³-hybridized carbons (Fsp3) is 0.300. The van der Waals surface area contributed by atoms with Gasteiger partial charge in [-0.05, 0) is 55.5 Å². The quantitative estimate of drug-likeness (QED) is 0.799. The Morgan fingerprint density at radius 1 is 1.27 bits per heavy atom. The molecule has 2 atom stereocenters. The van der Waals surface area contributed by atoms with Crippen molar-refractivity contribution < 1.29 is 19.4 Å². The first-order valence-electron chi connectivity index (χ1n) is 8.53. The predicted molar refractivity (Wildman–Crippen MR) is 98.3 cm³/mol. The Morgan fingerprint density at radius 2 is 2.04 bits per heavy atom. The van der Waals surface area contributed by atoms with Crippen LogP contribution in [-0.2, 0) is 16.0 Å². The lowest BCUT2D eigenvalue weighted by atomic mass is 9.87. The van der Waals surface area contributed by atoms with Crippen LogP contribution < -0.4 is 5.32 Å². The molecule has 1 amide bonds. The van der Waals surface area contributed by atoms with Crippen molar-refractivity contribution in [2.45, 2.75) is 38.3 Å². The van der Waals surface area contributed by atoms with E-state index in [0.717, 1.165) is 24.8 Å². The Bertz CT molecular complexity index is 836. The normalized spacial score (nSPS) is 17.1. The number of aryl methyl sites for hydroxylation is 1. The average Bonchev–Trinajstić information content (AvgIpc) is 2.63. The molecule has 2 aromatic carbocycles. The number of carbonyl (C=O) groups is 2. The van der Waals surface area contributed by atoms with Gasteiger partial charge in [0.1, 0.15) is 11.3 Å². The maximum Gasteiger partial charge on any atom is 0.342 e. The van der Waals surface area contributed by atoms with Crippen molar-refractivity contribution in [3.8, 4) is 5.75 Å². The molecular weight excluding hydrogens is 354 g/mol. The minimum Gasteiger partial charge on any atom is -0.507 e. The van der Waals surface area contributed by atoms with Crippen LogP contribution in [-0.4, -0.2) is 23.1 Å². The van der Waals surface area contributed by atoms with Crippen molar-refractivity contribution in [2.24, 2.45) is 0 Å². The van der Waals surface area contributed by atoms with Gasteiger partial charge in [-0.15, -0.1) is 0 Å². The minimum atomic E-state index is -0.991. The number of amides is 1. The van der Waals surface area contributed by atoms with E-state index in [4.69, 9.17) is 16.3 Å². The molecule has 0 saturated carbocycles. The Hall–Kier alpha value is -2.53. The molecule has 0 aliphatic heterocycles. The number of ether oxygens (including phenoxy) is 1. The SMILES string of the molecule is C[C@H](OC(=O)c1cc(Cl)ccc1O)C(=O)N[C@@H]1CCCc2ccccc21. The van der Waals surface area contributed by atoms with E-state index in [-0.39, 0.29) is 23.3 Å². The van der Waals surface area contributed by atoms with Crippen molar-refractivity contribution in [1.29, 1.82) is 0 Å². The van der Waals surface area contributed by atoms with E-state index in [2.05, 4.69) is 11.4 Å². The molecule has 2 N–H and O–H groups in total. The summed E-state index contributed by atoms with van der Waals surface area (Å²) in [6, 6.07) is 12.0. The molecule has 0 radical (unpaired) electrons. The number of phenolic OH excluding ortho intramolecular Hbond substituents is 1. The zero-order valence-electron chi connectivity index (χ0n) is 14.4. The van der Waals surface area contributed by atoms with Gasteiger partial charge in [-0.3, -0.25) is 4.79 Å². The monoisotopic (exact) mass is 373 g/mol. The number of hydrogen-bond acceptors (Lipinski definition) is 4. The summed E-state index contributed by atoms with van der Waals surface area (Å²) in [6.07, 6.45) is 1.85. The Labute approximate surface area is 156 Å². The third kappa shape index (κ3) is 3.99. The molecule has 0 bridgehead atoms. The highest BCUT2D eigenvalue weighted by Crippen LogP contribution is 2.29. The Kier molecular flexibility index (Phi) is 5.47. The van der Waals surface area contributed by atoms with Gasteiger partial charge in [0.25, 0.3) is 5.91 Å². The number of fused-ring (bicyclic) bond motifs is 1. The second kappa shape index (κ2) is 7.79. The number of hydrogen-bond donors (Lipinski definition) is 2. The van der Waals surface area contributed by atoms with Gasteiger partial charge >= 0.3 is 5.97 Å². The molecule has 1 aliphatic carbocycles. The van der Waals surface area contributed by atoms with Gasteiger partial charge in [0.15, 0.2) is 6.10 Å². The lowest BCUT2D eigenvalue weighted by Gasteiger charge is -2.27. The number of aromatic hydroxyl groups is 1. The molecule has 0 fully saturated rings. The van der Waals surface area contributed by atoms with Crippen molar-refractivity contribution >= 4 is 23.5 Å². The highest BCUT2D eigenvalue weighted by Gasteiger charge is 2.26. The molecule has 26 heavy (non-hydrogen) atoms. The smallest absolute Gasteiger partial charge is 0.342 e. The van der Waals surface area contributed by atoms with Crippen LogP contribution in [0.2, 0.25) is 5.02 Å². The van der Waals surface area contributed by atoms with Gasteiger partial charge in [0, 0.05) is 5.02 Å². The molecule has 2 aromatic rings. The maximum absolute atomic E-state index is 12.5. The summed E-state index contributed by atoms with van der Waals surface area (Å²) in [5, 5.41) is 13.0.